The van der Waals surface area contributed by atoms with Crippen molar-refractivity contribution in [3.05, 3.63) is 42.1 Å². The first-order valence-corrected chi connectivity index (χ1v) is 5.97. The summed E-state index contributed by atoms with van der Waals surface area (Å²) in [6, 6.07) is 9.87. The second-order valence-electron chi connectivity index (χ2n) is 5.33. The Morgan fingerprint density at radius 1 is 1.28 bits per heavy atom. The van der Waals surface area contributed by atoms with Gasteiger partial charge in [-0.3, -0.25) is 0 Å². The van der Waals surface area contributed by atoms with Gasteiger partial charge >= 0.3 is 0 Å². The summed E-state index contributed by atoms with van der Waals surface area (Å²) in [6.45, 7) is 6.91. The van der Waals surface area contributed by atoms with Crippen LogP contribution in [0.5, 0.6) is 5.75 Å². The van der Waals surface area contributed by atoms with Gasteiger partial charge in [0.05, 0.1) is 0 Å². The normalized spacial score (nSPS) is 11.5. The number of benzene rings is 1. The summed E-state index contributed by atoms with van der Waals surface area (Å²) in [5.74, 6) is 1.35. The van der Waals surface area contributed by atoms with Crippen molar-refractivity contribution in [2.24, 2.45) is 0 Å². The van der Waals surface area contributed by atoms with E-state index < -0.39 is 0 Å². The van der Waals surface area contributed by atoms with Crippen LogP contribution >= 0.6 is 0 Å². The minimum absolute atomic E-state index is 0.121. The van der Waals surface area contributed by atoms with Gasteiger partial charge in [0.15, 0.2) is 6.73 Å². The van der Waals surface area contributed by atoms with Gasteiger partial charge in [-0.25, -0.2) is 4.68 Å². The fraction of sp³-hybridized carbons (Fsp3) is 0.357. The number of ether oxygens (including phenoxy) is 1. The van der Waals surface area contributed by atoms with Crippen LogP contribution in [-0.4, -0.2) is 9.78 Å². The van der Waals surface area contributed by atoms with Gasteiger partial charge in [-0.15, -0.1) is 0 Å². The van der Waals surface area contributed by atoms with Crippen molar-refractivity contribution in [1.82, 2.24) is 9.78 Å². The number of hydrogen-bond donors (Lipinski definition) is 1. The first kappa shape index (κ1) is 12.5. The van der Waals surface area contributed by atoms with Gasteiger partial charge in [-0.2, -0.15) is 5.10 Å². The molecule has 0 amide bonds. The molecule has 1 aromatic heterocycles. The highest BCUT2D eigenvalue weighted by Crippen LogP contribution is 2.25. The van der Waals surface area contributed by atoms with Crippen molar-refractivity contribution in [2.45, 2.75) is 32.9 Å². The van der Waals surface area contributed by atoms with E-state index in [1.54, 1.807) is 16.9 Å². The Morgan fingerprint density at radius 3 is 2.67 bits per heavy atom. The van der Waals surface area contributed by atoms with Gasteiger partial charge in [0.2, 0.25) is 0 Å². The lowest BCUT2D eigenvalue weighted by Crippen LogP contribution is -2.11. The minimum Gasteiger partial charge on any atom is -0.471 e. The minimum atomic E-state index is 0.121. The summed E-state index contributed by atoms with van der Waals surface area (Å²) in [6.07, 6.45) is 1.79. The van der Waals surface area contributed by atoms with Crippen molar-refractivity contribution in [2.75, 3.05) is 5.73 Å². The molecule has 96 valence electrons. The van der Waals surface area contributed by atoms with Gasteiger partial charge in [0.25, 0.3) is 0 Å². The molecule has 0 fully saturated rings. The monoisotopic (exact) mass is 245 g/mol. The number of anilines is 1. The fourth-order valence-corrected chi connectivity index (χ4v) is 1.64. The summed E-state index contributed by atoms with van der Waals surface area (Å²) >= 11 is 0. The fourth-order valence-electron chi connectivity index (χ4n) is 1.64. The molecule has 2 N–H and O–H groups in total. The summed E-state index contributed by atoms with van der Waals surface area (Å²) in [5, 5.41) is 4.07. The molecule has 18 heavy (non-hydrogen) atoms. The molecule has 0 aliphatic carbocycles. The number of nitrogen functional groups attached to an aromatic ring is 1. The highest BCUT2D eigenvalue weighted by atomic mass is 16.5. The molecule has 1 heterocycles. The van der Waals surface area contributed by atoms with Gasteiger partial charge in [0, 0.05) is 12.3 Å². The molecule has 0 unspecified atom stereocenters. The third-order valence-corrected chi connectivity index (χ3v) is 2.72. The molecule has 4 nitrogen and oxygen atoms in total. The summed E-state index contributed by atoms with van der Waals surface area (Å²) in [4.78, 5) is 0. The molecule has 1 aromatic carbocycles. The molecule has 0 bridgehead atoms. The molecule has 0 aliphatic heterocycles. The van der Waals surface area contributed by atoms with E-state index in [2.05, 4.69) is 38.0 Å². The van der Waals surface area contributed by atoms with Crippen LogP contribution in [0.1, 0.15) is 26.3 Å². The number of rotatable bonds is 3. The number of aromatic nitrogens is 2. The summed E-state index contributed by atoms with van der Waals surface area (Å²) in [7, 11) is 0. The van der Waals surface area contributed by atoms with E-state index in [4.69, 9.17) is 10.5 Å². The Morgan fingerprint density at radius 2 is 2.06 bits per heavy atom. The van der Waals surface area contributed by atoms with E-state index >= 15 is 0 Å². The zero-order chi connectivity index (χ0) is 13.2. The number of nitrogens with zero attached hydrogens (tertiary/aromatic N) is 2. The molecule has 0 spiro atoms. The van der Waals surface area contributed by atoms with Crippen LogP contribution < -0.4 is 10.5 Å². The molecular weight excluding hydrogens is 226 g/mol. The third kappa shape index (κ3) is 3.03. The van der Waals surface area contributed by atoms with Gasteiger partial charge < -0.3 is 10.5 Å². The van der Waals surface area contributed by atoms with Crippen molar-refractivity contribution in [1.29, 1.82) is 0 Å². The predicted octanol–water partition coefficient (Wildman–Crippen LogP) is 2.80. The molecule has 2 aromatic rings. The maximum absolute atomic E-state index is 5.69. The molecule has 2 rings (SSSR count). The van der Waals surface area contributed by atoms with E-state index in [1.165, 1.54) is 5.56 Å². The maximum Gasteiger partial charge on any atom is 0.180 e. The van der Waals surface area contributed by atoms with E-state index in [-0.39, 0.29) is 5.41 Å². The van der Waals surface area contributed by atoms with Crippen LogP contribution in [0, 0.1) is 0 Å². The Balaban J connectivity index is 2.06. The Labute approximate surface area is 107 Å². The van der Waals surface area contributed by atoms with Crippen molar-refractivity contribution < 1.29 is 4.74 Å². The average molecular weight is 245 g/mol. The maximum atomic E-state index is 5.69. The SMILES string of the molecule is CC(C)(C)c1cccc(OCn2ccc(N)n2)c1. The van der Waals surface area contributed by atoms with Crippen molar-refractivity contribution in [3.63, 3.8) is 0 Å². The first-order valence-electron chi connectivity index (χ1n) is 5.97. The molecule has 0 radical (unpaired) electrons. The lowest BCUT2D eigenvalue weighted by atomic mass is 9.87. The zero-order valence-corrected chi connectivity index (χ0v) is 11.1. The quantitative estimate of drug-likeness (QED) is 0.904. The zero-order valence-electron chi connectivity index (χ0n) is 11.1. The number of nitrogens with two attached hydrogens (primary N) is 1. The van der Waals surface area contributed by atoms with Gasteiger partial charge in [-0.1, -0.05) is 32.9 Å². The second-order valence-corrected chi connectivity index (χ2v) is 5.33. The standard InChI is InChI=1S/C14H19N3O/c1-14(2,3)11-5-4-6-12(9-11)18-10-17-8-7-13(15)16-17/h4-9H,10H2,1-3H3,(H2,15,16). The summed E-state index contributed by atoms with van der Waals surface area (Å²) < 4.78 is 7.35. The molecule has 0 saturated carbocycles. The Bertz CT molecular complexity index is 526. The van der Waals surface area contributed by atoms with E-state index in [9.17, 15) is 0 Å². The predicted molar refractivity (Wildman–Crippen MR) is 72.4 cm³/mol. The van der Waals surface area contributed by atoms with Crippen LogP contribution in [0.3, 0.4) is 0 Å². The lowest BCUT2D eigenvalue weighted by Gasteiger charge is -2.19. The smallest absolute Gasteiger partial charge is 0.180 e. The van der Waals surface area contributed by atoms with E-state index in [0.717, 1.165) is 5.75 Å². The van der Waals surface area contributed by atoms with Crippen molar-refractivity contribution >= 4 is 5.82 Å². The molecule has 0 aliphatic rings. The Kier molecular flexibility index (Phi) is 3.28. The van der Waals surface area contributed by atoms with Crippen LogP contribution in [-0.2, 0) is 12.1 Å². The first-order chi connectivity index (χ1) is 8.45. The third-order valence-electron chi connectivity index (χ3n) is 2.72. The Hall–Kier alpha value is -1.97. The van der Waals surface area contributed by atoms with Crippen LogP contribution in [0.2, 0.25) is 0 Å². The van der Waals surface area contributed by atoms with Gasteiger partial charge in [0.1, 0.15) is 11.6 Å². The highest BCUT2D eigenvalue weighted by Gasteiger charge is 2.13. The van der Waals surface area contributed by atoms with Crippen LogP contribution in [0.15, 0.2) is 36.5 Å². The second kappa shape index (κ2) is 4.72. The van der Waals surface area contributed by atoms with E-state index in [1.807, 2.05) is 12.1 Å². The largest absolute Gasteiger partial charge is 0.471 e. The lowest BCUT2D eigenvalue weighted by molar-refractivity contribution is 0.221. The average Bonchev–Trinajstić information content (AvgIpc) is 2.72. The highest BCUT2D eigenvalue weighted by molar-refractivity contribution is 5.32. The van der Waals surface area contributed by atoms with Crippen LogP contribution in [0.4, 0.5) is 5.82 Å². The molecule has 0 saturated heterocycles. The molecule has 0 atom stereocenters. The van der Waals surface area contributed by atoms with Crippen LogP contribution in [0.25, 0.3) is 0 Å². The summed E-state index contributed by atoms with van der Waals surface area (Å²) in [5.41, 5.74) is 6.91. The van der Waals surface area contributed by atoms with Gasteiger partial charge in [-0.05, 0) is 23.1 Å². The molecule has 4 heteroatoms. The molecular formula is C14H19N3O. The number of hydrogen-bond acceptors (Lipinski definition) is 3. The topological polar surface area (TPSA) is 53.1 Å². The van der Waals surface area contributed by atoms with E-state index in [0.29, 0.717) is 12.5 Å². The van der Waals surface area contributed by atoms with Crippen molar-refractivity contribution in [3.8, 4) is 5.75 Å².